The zero-order chi connectivity index (χ0) is 11.3. The van der Waals surface area contributed by atoms with Gasteiger partial charge in [-0.15, -0.1) is 0 Å². The van der Waals surface area contributed by atoms with Gasteiger partial charge in [-0.3, -0.25) is 9.89 Å². The number of aromatic amines is 1. The van der Waals surface area contributed by atoms with Crippen molar-refractivity contribution in [3.8, 4) is 0 Å². The van der Waals surface area contributed by atoms with E-state index < -0.39 is 5.91 Å². The summed E-state index contributed by atoms with van der Waals surface area (Å²) in [5.74, 6) is -0.433. The van der Waals surface area contributed by atoms with Gasteiger partial charge < -0.3 is 10.7 Å². The van der Waals surface area contributed by atoms with Gasteiger partial charge in [0.25, 0.3) is 5.91 Å². The van der Waals surface area contributed by atoms with Gasteiger partial charge in [-0.05, 0) is 12.8 Å². The fourth-order valence-electron chi connectivity index (χ4n) is 2.44. The van der Waals surface area contributed by atoms with E-state index in [1.54, 1.807) is 0 Å². The molecule has 3 rings (SSSR count). The third-order valence-corrected chi connectivity index (χ3v) is 3.26. The molecule has 1 aliphatic carbocycles. The summed E-state index contributed by atoms with van der Waals surface area (Å²) in [6.45, 7) is 0.766. The number of allylic oxidation sites excluding steroid dienone is 1. The Morgan fingerprint density at radius 1 is 1.50 bits per heavy atom. The van der Waals surface area contributed by atoms with Crippen molar-refractivity contribution in [1.82, 2.24) is 20.6 Å². The van der Waals surface area contributed by atoms with E-state index in [1.165, 1.54) is 11.3 Å². The lowest BCUT2D eigenvalue weighted by molar-refractivity contribution is 0.0994. The summed E-state index contributed by atoms with van der Waals surface area (Å²) in [6.07, 6.45) is 1.74. The fourth-order valence-corrected chi connectivity index (χ4v) is 2.44. The summed E-state index contributed by atoms with van der Waals surface area (Å²) in [5.41, 5.74) is 13.3. The number of hydrazine groups is 1. The van der Waals surface area contributed by atoms with Crippen LogP contribution in [0.25, 0.3) is 5.57 Å². The number of primary amides is 1. The smallest absolute Gasteiger partial charge is 0.267 e. The van der Waals surface area contributed by atoms with Crippen LogP contribution >= 0.6 is 0 Å². The number of carbonyl (C=O) groups is 1. The molecule has 1 amide bonds. The van der Waals surface area contributed by atoms with E-state index in [4.69, 9.17) is 5.73 Å². The summed E-state index contributed by atoms with van der Waals surface area (Å²) in [7, 11) is 2.00. The van der Waals surface area contributed by atoms with E-state index in [2.05, 4.69) is 15.6 Å². The number of aromatic nitrogens is 2. The molecule has 2 heterocycles. The predicted molar refractivity (Wildman–Crippen MR) is 58.1 cm³/mol. The third kappa shape index (κ3) is 1.10. The topological polar surface area (TPSA) is 87.0 Å². The molecule has 0 unspecified atom stereocenters. The van der Waals surface area contributed by atoms with Crippen LogP contribution < -0.4 is 11.2 Å². The first kappa shape index (κ1) is 9.41. The van der Waals surface area contributed by atoms with E-state index in [0.717, 1.165) is 30.6 Å². The van der Waals surface area contributed by atoms with Crippen molar-refractivity contribution < 1.29 is 4.79 Å². The molecule has 0 bridgehead atoms. The number of carbonyl (C=O) groups excluding carboxylic acids is 1. The second-order valence-corrected chi connectivity index (χ2v) is 4.11. The molecule has 0 spiro atoms. The van der Waals surface area contributed by atoms with Crippen LogP contribution in [0.5, 0.6) is 0 Å². The Morgan fingerprint density at radius 2 is 2.31 bits per heavy atom. The van der Waals surface area contributed by atoms with Crippen LogP contribution in [0.4, 0.5) is 0 Å². The van der Waals surface area contributed by atoms with E-state index in [1.807, 2.05) is 12.1 Å². The molecule has 1 aromatic heterocycles. The van der Waals surface area contributed by atoms with E-state index in [-0.39, 0.29) is 0 Å². The maximum absolute atomic E-state index is 11.2. The third-order valence-electron chi connectivity index (χ3n) is 3.26. The highest BCUT2D eigenvalue weighted by Crippen LogP contribution is 2.34. The summed E-state index contributed by atoms with van der Waals surface area (Å²) >= 11 is 0. The molecule has 1 aliphatic heterocycles. The molecule has 6 heteroatoms. The minimum Gasteiger partial charge on any atom is -0.364 e. The van der Waals surface area contributed by atoms with Crippen LogP contribution in [-0.2, 0) is 6.42 Å². The number of rotatable bonds is 1. The first-order chi connectivity index (χ1) is 7.68. The molecule has 0 atom stereocenters. The van der Waals surface area contributed by atoms with Crippen molar-refractivity contribution in [3.63, 3.8) is 0 Å². The fraction of sp³-hybridized carbons (Fsp3) is 0.400. The summed E-state index contributed by atoms with van der Waals surface area (Å²) in [6, 6.07) is 0. The lowest BCUT2D eigenvalue weighted by atomic mass is 9.93. The molecule has 6 nitrogen and oxygen atoms in total. The van der Waals surface area contributed by atoms with Crippen LogP contribution in [-0.4, -0.2) is 34.7 Å². The highest BCUT2D eigenvalue weighted by atomic mass is 16.1. The van der Waals surface area contributed by atoms with Gasteiger partial charge in [-0.1, -0.05) is 0 Å². The van der Waals surface area contributed by atoms with Crippen LogP contribution in [0.3, 0.4) is 0 Å². The number of nitrogens with zero attached hydrogens (tertiary/aromatic N) is 2. The van der Waals surface area contributed by atoms with Crippen molar-refractivity contribution in [2.45, 2.75) is 12.8 Å². The Balaban J connectivity index is 2.13. The van der Waals surface area contributed by atoms with Gasteiger partial charge in [-0.25, -0.2) is 5.43 Å². The molecular weight excluding hydrogens is 206 g/mol. The normalized spacial score (nSPS) is 18.7. The second kappa shape index (κ2) is 3.08. The minimum atomic E-state index is -0.433. The average Bonchev–Trinajstić information content (AvgIpc) is 2.81. The Labute approximate surface area is 92.5 Å². The van der Waals surface area contributed by atoms with Crippen LogP contribution in [0, 0.1) is 0 Å². The molecule has 16 heavy (non-hydrogen) atoms. The molecule has 2 aliphatic rings. The lowest BCUT2D eigenvalue weighted by Crippen LogP contribution is -2.27. The van der Waals surface area contributed by atoms with Crippen LogP contribution in [0.15, 0.2) is 5.70 Å². The van der Waals surface area contributed by atoms with Gasteiger partial charge in [0.2, 0.25) is 0 Å². The monoisotopic (exact) mass is 219 g/mol. The van der Waals surface area contributed by atoms with Crippen molar-refractivity contribution in [1.29, 1.82) is 0 Å². The maximum atomic E-state index is 11.2. The molecule has 0 saturated carbocycles. The van der Waals surface area contributed by atoms with Gasteiger partial charge in [0.05, 0.1) is 5.69 Å². The molecular formula is C10H13N5O. The van der Waals surface area contributed by atoms with Crippen molar-refractivity contribution in [3.05, 3.63) is 22.6 Å². The summed E-state index contributed by atoms with van der Waals surface area (Å²) < 4.78 is 0. The highest BCUT2D eigenvalue weighted by molar-refractivity contribution is 5.94. The van der Waals surface area contributed by atoms with Gasteiger partial charge in [-0.2, -0.15) is 5.10 Å². The van der Waals surface area contributed by atoms with E-state index in [0.29, 0.717) is 5.69 Å². The number of H-pyrrole nitrogens is 1. The molecule has 0 aromatic carbocycles. The Hall–Kier alpha value is -1.82. The number of nitrogens with one attached hydrogen (secondary N) is 2. The standard InChI is InChI=1S/C10H13N5O/c1-15-7-3-2-5-8(6(7)4-12-15)13-14-9(5)10(11)16/h12H,2-4H2,1H3,(H2,11,16)(H,13,14). The molecule has 0 radical (unpaired) electrons. The predicted octanol–water partition coefficient (Wildman–Crippen LogP) is -0.384. The molecule has 0 saturated heterocycles. The maximum Gasteiger partial charge on any atom is 0.267 e. The quantitative estimate of drug-likeness (QED) is 0.600. The van der Waals surface area contributed by atoms with Crippen LogP contribution in [0.2, 0.25) is 0 Å². The van der Waals surface area contributed by atoms with Gasteiger partial charge in [0, 0.05) is 30.4 Å². The molecule has 0 fully saturated rings. The van der Waals surface area contributed by atoms with E-state index >= 15 is 0 Å². The highest BCUT2D eigenvalue weighted by Gasteiger charge is 2.30. The zero-order valence-corrected chi connectivity index (χ0v) is 9.00. The molecule has 4 N–H and O–H groups in total. The largest absolute Gasteiger partial charge is 0.364 e. The Bertz CT molecular complexity index is 501. The Morgan fingerprint density at radius 3 is 3.06 bits per heavy atom. The van der Waals surface area contributed by atoms with Gasteiger partial charge in [0.15, 0.2) is 0 Å². The average molecular weight is 219 g/mol. The number of hydrogen-bond acceptors (Lipinski definition) is 4. The zero-order valence-electron chi connectivity index (χ0n) is 9.00. The number of amides is 1. The number of hydrogen-bond donors (Lipinski definition) is 3. The molecule has 1 aromatic rings. The van der Waals surface area contributed by atoms with Crippen LogP contribution in [0.1, 0.15) is 28.2 Å². The SMILES string of the molecule is CN1NCC2=C1CCc1c2n[nH]c1C(N)=O. The lowest BCUT2D eigenvalue weighted by Gasteiger charge is -2.19. The summed E-state index contributed by atoms with van der Waals surface area (Å²) in [4.78, 5) is 11.2. The van der Waals surface area contributed by atoms with Crippen molar-refractivity contribution in [2.75, 3.05) is 13.6 Å². The number of nitrogens with two attached hydrogens (primary N) is 1. The second-order valence-electron chi connectivity index (χ2n) is 4.11. The minimum absolute atomic E-state index is 0.433. The van der Waals surface area contributed by atoms with Gasteiger partial charge in [0.1, 0.15) is 5.69 Å². The van der Waals surface area contributed by atoms with E-state index in [9.17, 15) is 4.79 Å². The number of fused-ring (bicyclic) bond motifs is 2. The van der Waals surface area contributed by atoms with Crippen molar-refractivity contribution >= 4 is 11.5 Å². The Kier molecular flexibility index (Phi) is 1.81. The van der Waals surface area contributed by atoms with Gasteiger partial charge >= 0.3 is 0 Å². The summed E-state index contributed by atoms with van der Waals surface area (Å²) in [5, 5.41) is 8.97. The first-order valence-electron chi connectivity index (χ1n) is 5.25. The van der Waals surface area contributed by atoms with Crippen molar-refractivity contribution in [2.24, 2.45) is 5.73 Å². The first-order valence-corrected chi connectivity index (χ1v) is 5.25. The molecule has 84 valence electrons.